The quantitative estimate of drug-likeness (QED) is 0.673. The van der Waals surface area contributed by atoms with Crippen LogP contribution in [0, 0.1) is 35.0 Å². The van der Waals surface area contributed by atoms with Gasteiger partial charge in [0.05, 0.1) is 12.7 Å². The summed E-state index contributed by atoms with van der Waals surface area (Å²) in [4.78, 5) is 12.7. The van der Waals surface area contributed by atoms with Crippen LogP contribution >= 0.6 is 0 Å². The van der Waals surface area contributed by atoms with Gasteiger partial charge < -0.3 is 15.3 Å². The molecule has 3 N–H and O–H groups in total. The van der Waals surface area contributed by atoms with Gasteiger partial charge in [-0.2, -0.15) is 0 Å². The monoisotopic (exact) mass is 334 g/mol. The van der Waals surface area contributed by atoms with Gasteiger partial charge in [-0.25, -0.2) is 0 Å². The maximum Gasteiger partial charge on any atom is 0.139 e. The molecule has 0 aliphatic heterocycles. The van der Waals surface area contributed by atoms with E-state index in [2.05, 4.69) is 20.4 Å². The molecule has 8 atom stereocenters. The predicted octanol–water partition coefficient (Wildman–Crippen LogP) is 2.09. The highest BCUT2D eigenvalue weighted by atomic mass is 16.3. The van der Waals surface area contributed by atoms with Crippen LogP contribution in [0.25, 0.3) is 0 Å². The number of ketones is 1. The Morgan fingerprint density at radius 3 is 2.79 bits per heavy atom. The summed E-state index contributed by atoms with van der Waals surface area (Å²) >= 11 is 0. The van der Waals surface area contributed by atoms with Crippen LogP contribution in [0.3, 0.4) is 0 Å². The molecule has 3 saturated carbocycles. The van der Waals surface area contributed by atoms with Gasteiger partial charge in [0.25, 0.3) is 0 Å². The first-order valence-corrected chi connectivity index (χ1v) is 9.06. The van der Waals surface area contributed by atoms with Crippen molar-refractivity contribution in [3.63, 3.8) is 0 Å². The normalized spacial score (nSPS) is 44.8. The number of aliphatic hydroxyl groups is 3. The van der Waals surface area contributed by atoms with Gasteiger partial charge in [-0.05, 0) is 48.5 Å². The fraction of sp³-hybridized carbons (Fsp3) is 0.750. The predicted molar refractivity (Wildman–Crippen MR) is 92.1 cm³/mol. The summed E-state index contributed by atoms with van der Waals surface area (Å²) in [7, 11) is 0. The molecule has 0 aromatic heterocycles. The topological polar surface area (TPSA) is 77.8 Å². The first-order chi connectivity index (χ1) is 11.1. The van der Waals surface area contributed by atoms with E-state index in [4.69, 9.17) is 5.11 Å². The number of carbonyl (C=O) groups excluding carboxylic acids is 1. The smallest absolute Gasteiger partial charge is 0.139 e. The summed E-state index contributed by atoms with van der Waals surface area (Å²) in [5.41, 5.74) is -0.925. The summed E-state index contributed by atoms with van der Waals surface area (Å²) in [5, 5.41) is 29.4. The maximum absolute atomic E-state index is 12.7. The molecule has 3 aliphatic carbocycles. The van der Waals surface area contributed by atoms with E-state index < -0.39 is 18.3 Å². The molecule has 0 bridgehead atoms. The zero-order valence-corrected chi connectivity index (χ0v) is 14.9. The zero-order chi connectivity index (χ0) is 17.9. The van der Waals surface area contributed by atoms with Crippen molar-refractivity contribution in [2.45, 2.75) is 51.7 Å². The van der Waals surface area contributed by atoms with Crippen LogP contribution in [-0.4, -0.2) is 39.4 Å². The number of Topliss-reactive ketones (excluding diaryl/α,β-unsaturated/α-hetero) is 1. The first kappa shape index (κ1) is 17.8. The Morgan fingerprint density at radius 2 is 2.17 bits per heavy atom. The SMILES string of the molecule is C=C(C(O)/C=C/C(C)(O)CO)[C@@H]1CC(=O)[C@@]2(C)[C@@H]1[C@@H]1[C@H](C)CC[C@@H]12. The van der Waals surface area contributed by atoms with Crippen molar-refractivity contribution in [3.05, 3.63) is 24.3 Å². The zero-order valence-electron chi connectivity index (χ0n) is 14.9. The van der Waals surface area contributed by atoms with Gasteiger partial charge in [0.1, 0.15) is 11.4 Å². The van der Waals surface area contributed by atoms with Gasteiger partial charge in [0, 0.05) is 11.8 Å². The van der Waals surface area contributed by atoms with Crippen LogP contribution in [-0.2, 0) is 4.79 Å². The largest absolute Gasteiger partial charge is 0.393 e. The Kier molecular flexibility index (Phi) is 4.30. The van der Waals surface area contributed by atoms with Crippen molar-refractivity contribution in [2.24, 2.45) is 35.0 Å². The number of hydrogen-bond donors (Lipinski definition) is 3. The van der Waals surface area contributed by atoms with Crippen molar-refractivity contribution in [1.29, 1.82) is 0 Å². The number of carbonyl (C=O) groups is 1. The molecule has 3 fully saturated rings. The number of fused-ring (bicyclic) bond motifs is 4. The molecule has 3 aliphatic rings. The van der Waals surface area contributed by atoms with Gasteiger partial charge in [-0.15, -0.1) is 0 Å². The standard InChI is InChI=1S/C20H30O4/c1-11-5-6-14-17(11)18-13(9-16(23)20(14,18)4)12(2)15(22)7-8-19(3,24)10-21/h7-8,11,13-15,17-18,21-22,24H,2,5-6,9-10H2,1,3-4H3/b8-7+/t11-,13+,14+,15?,17-,18+,19?,20+/m1/s1. The van der Waals surface area contributed by atoms with Gasteiger partial charge in [0.15, 0.2) is 0 Å². The van der Waals surface area contributed by atoms with Crippen LogP contribution in [0.5, 0.6) is 0 Å². The Morgan fingerprint density at radius 1 is 1.50 bits per heavy atom. The molecule has 0 heterocycles. The summed E-state index contributed by atoms with van der Waals surface area (Å²) in [5.74, 6) is 2.35. The van der Waals surface area contributed by atoms with E-state index in [1.54, 1.807) is 0 Å². The third-order valence-electron chi connectivity index (χ3n) is 7.19. The molecule has 3 rings (SSSR count). The van der Waals surface area contributed by atoms with Crippen molar-refractivity contribution in [2.75, 3.05) is 6.61 Å². The van der Waals surface area contributed by atoms with Crippen molar-refractivity contribution >= 4 is 5.78 Å². The molecule has 0 spiro atoms. The summed E-state index contributed by atoms with van der Waals surface area (Å²) in [6.07, 6.45) is 4.79. The Labute approximate surface area is 144 Å². The minimum absolute atomic E-state index is 0.0167. The minimum Gasteiger partial charge on any atom is -0.393 e. The molecule has 134 valence electrons. The van der Waals surface area contributed by atoms with Crippen LogP contribution in [0.2, 0.25) is 0 Å². The van der Waals surface area contributed by atoms with Gasteiger partial charge in [0.2, 0.25) is 0 Å². The van der Waals surface area contributed by atoms with E-state index in [0.29, 0.717) is 41.4 Å². The first-order valence-electron chi connectivity index (χ1n) is 9.06. The second kappa shape index (κ2) is 5.79. The van der Waals surface area contributed by atoms with Crippen LogP contribution < -0.4 is 0 Å². The highest BCUT2D eigenvalue weighted by molar-refractivity contribution is 5.90. The average Bonchev–Trinajstić information content (AvgIpc) is 2.97. The van der Waals surface area contributed by atoms with E-state index >= 15 is 0 Å². The summed E-state index contributed by atoms with van der Waals surface area (Å²) < 4.78 is 0. The number of aliphatic hydroxyl groups excluding tert-OH is 2. The van der Waals surface area contributed by atoms with Crippen molar-refractivity contribution < 1.29 is 20.1 Å². The Balaban J connectivity index is 1.78. The molecule has 4 heteroatoms. The minimum atomic E-state index is -1.36. The maximum atomic E-state index is 12.7. The lowest BCUT2D eigenvalue weighted by Crippen LogP contribution is -2.56. The van der Waals surface area contributed by atoms with Gasteiger partial charge in [-0.1, -0.05) is 39.0 Å². The third kappa shape index (κ3) is 2.42. The van der Waals surface area contributed by atoms with E-state index in [1.165, 1.54) is 25.5 Å². The second-order valence-electron chi connectivity index (χ2n) is 8.67. The van der Waals surface area contributed by atoms with Gasteiger partial charge >= 0.3 is 0 Å². The molecule has 4 nitrogen and oxygen atoms in total. The summed E-state index contributed by atoms with van der Waals surface area (Å²) in [6.45, 7) is 9.55. The number of rotatable bonds is 5. The lowest BCUT2D eigenvalue weighted by Gasteiger charge is -2.56. The lowest BCUT2D eigenvalue weighted by atomic mass is 9.46. The van der Waals surface area contributed by atoms with E-state index in [-0.39, 0.29) is 11.3 Å². The van der Waals surface area contributed by atoms with Crippen molar-refractivity contribution in [3.8, 4) is 0 Å². The summed E-state index contributed by atoms with van der Waals surface area (Å²) in [6, 6.07) is 0. The second-order valence-corrected chi connectivity index (χ2v) is 8.67. The molecule has 24 heavy (non-hydrogen) atoms. The van der Waals surface area contributed by atoms with E-state index in [1.807, 2.05) is 0 Å². The molecule has 0 amide bonds. The van der Waals surface area contributed by atoms with E-state index in [0.717, 1.165) is 6.42 Å². The van der Waals surface area contributed by atoms with Crippen LogP contribution in [0.15, 0.2) is 24.3 Å². The molecule has 0 aromatic carbocycles. The Hall–Kier alpha value is -0.970. The average molecular weight is 334 g/mol. The molecule has 0 radical (unpaired) electrons. The number of hydrogen-bond acceptors (Lipinski definition) is 4. The molecular formula is C20H30O4. The van der Waals surface area contributed by atoms with Crippen LogP contribution in [0.4, 0.5) is 0 Å². The highest BCUT2D eigenvalue weighted by Gasteiger charge is 2.71. The molecule has 0 aromatic rings. The molecular weight excluding hydrogens is 304 g/mol. The molecule has 0 saturated heterocycles. The fourth-order valence-electron chi connectivity index (χ4n) is 5.74. The molecule has 2 unspecified atom stereocenters. The highest BCUT2D eigenvalue weighted by Crippen LogP contribution is 2.72. The van der Waals surface area contributed by atoms with Crippen molar-refractivity contribution in [1.82, 2.24) is 0 Å². The fourth-order valence-corrected chi connectivity index (χ4v) is 5.74. The van der Waals surface area contributed by atoms with Crippen LogP contribution in [0.1, 0.15) is 40.0 Å². The lowest BCUT2D eigenvalue weighted by molar-refractivity contribution is -0.149. The van der Waals surface area contributed by atoms with Gasteiger partial charge in [-0.3, -0.25) is 4.79 Å². The Bertz CT molecular complexity index is 578. The third-order valence-corrected chi connectivity index (χ3v) is 7.19. The van der Waals surface area contributed by atoms with E-state index in [9.17, 15) is 15.0 Å².